The average Bonchev–Trinajstić information content (AvgIpc) is 2.15. The average molecular weight is 188 g/mol. The van der Waals surface area contributed by atoms with Gasteiger partial charge in [0.05, 0.1) is 5.69 Å². The van der Waals surface area contributed by atoms with Gasteiger partial charge in [0.1, 0.15) is 0 Å². The van der Waals surface area contributed by atoms with E-state index in [9.17, 15) is 0 Å². The molecule has 0 bridgehead atoms. The fraction of sp³-hybridized carbons (Fsp3) is 0.300. The maximum Gasteiger partial charge on any atom is 0.0655 e. The molecule has 4 heteroatoms. The smallest absolute Gasteiger partial charge is 0.0655 e. The van der Waals surface area contributed by atoms with Crippen molar-refractivity contribution < 1.29 is 0 Å². The molecule has 0 aliphatic carbocycles. The van der Waals surface area contributed by atoms with Crippen LogP contribution >= 0.6 is 0 Å². The first kappa shape index (κ1) is 10.3. The van der Waals surface area contributed by atoms with Crippen LogP contribution in [0.15, 0.2) is 23.5 Å². The molecule has 72 valence electrons. The zero-order chi connectivity index (χ0) is 10.4. The number of aromatic nitrogens is 1. The lowest BCUT2D eigenvalue weighted by Crippen LogP contribution is -1.87. The number of aryl methyl sites for hydroxylation is 2. The van der Waals surface area contributed by atoms with E-state index in [1.54, 1.807) is 6.08 Å². The molecule has 1 aromatic heterocycles. The van der Waals surface area contributed by atoms with Crippen LogP contribution in [0.1, 0.15) is 16.8 Å². The molecule has 0 N–H and O–H groups in total. The van der Waals surface area contributed by atoms with E-state index in [1.807, 2.05) is 26.1 Å². The lowest BCUT2D eigenvalue weighted by Gasteiger charge is -1.99. The fourth-order valence-electron chi connectivity index (χ4n) is 1.15. The summed E-state index contributed by atoms with van der Waals surface area (Å²) in [5, 5.41) is 3.40. The molecule has 0 saturated carbocycles. The fourth-order valence-corrected chi connectivity index (χ4v) is 1.15. The maximum atomic E-state index is 8.06. The first-order valence-corrected chi connectivity index (χ1v) is 4.34. The molecule has 4 nitrogen and oxygen atoms in total. The molecule has 0 amide bonds. The summed E-state index contributed by atoms with van der Waals surface area (Å²) < 4.78 is 0. The summed E-state index contributed by atoms with van der Waals surface area (Å²) in [6, 6.07) is 2.07. The van der Waals surface area contributed by atoms with E-state index in [4.69, 9.17) is 5.53 Å². The van der Waals surface area contributed by atoms with Crippen LogP contribution < -0.4 is 0 Å². The Morgan fingerprint density at radius 3 is 3.00 bits per heavy atom. The number of hydrogen-bond acceptors (Lipinski definition) is 2. The van der Waals surface area contributed by atoms with Gasteiger partial charge in [-0.25, -0.2) is 0 Å². The second-order valence-corrected chi connectivity index (χ2v) is 3.03. The van der Waals surface area contributed by atoms with E-state index >= 15 is 0 Å². The summed E-state index contributed by atoms with van der Waals surface area (Å²) in [7, 11) is 0. The molecule has 0 unspecified atom stereocenters. The van der Waals surface area contributed by atoms with Gasteiger partial charge in [-0.1, -0.05) is 17.3 Å². The van der Waals surface area contributed by atoms with Crippen LogP contribution in [0, 0.1) is 13.8 Å². The highest BCUT2D eigenvalue weighted by Crippen LogP contribution is 2.08. The lowest BCUT2D eigenvalue weighted by molar-refractivity contribution is 1.18. The summed E-state index contributed by atoms with van der Waals surface area (Å²) in [5.41, 5.74) is 11.3. The minimum absolute atomic E-state index is 0.367. The molecule has 0 aliphatic rings. The Hall–Kier alpha value is -1.80. The third-order valence-electron chi connectivity index (χ3n) is 1.78. The van der Waals surface area contributed by atoms with E-state index in [2.05, 4.69) is 21.1 Å². The van der Waals surface area contributed by atoms with Gasteiger partial charge in [-0.15, -0.1) is 0 Å². The molecule has 1 heterocycles. The lowest BCUT2D eigenvalue weighted by atomic mass is 10.1. The van der Waals surface area contributed by atoms with Gasteiger partial charge < -0.3 is 0 Å². The molecule has 0 spiro atoms. The van der Waals surface area contributed by atoms with Gasteiger partial charge in [-0.2, -0.15) is 0 Å². The second kappa shape index (κ2) is 5.04. The summed E-state index contributed by atoms with van der Waals surface area (Å²) in [6.07, 6.45) is 5.48. The standard InChI is InChI=1S/C10H12N4/c1-8-6-9(2)10(12-7-8)4-3-5-13-14-11/h3-4,6-7H,5H2,1-2H3. The van der Waals surface area contributed by atoms with Crippen LogP contribution in [0.2, 0.25) is 0 Å². The highest BCUT2D eigenvalue weighted by molar-refractivity contribution is 5.49. The van der Waals surface area contributed by atoms with Crippen LogP contribution in [0.25, 0.3) is 16.5 Å². The van der Waals surface area contributed by atoms with E-state index in [-0.39, 0.29) is 0 Å². The van der Waals surface area contributed by atoms with E-state index in [0.29, 0.717) is 6.54 Å². The van der Waals surface area contributed by atoms with Crippen molar-refractivity contribution in [2.75, 3.05) is 6.54 Å². The van der Waals surface area contributed by atoms with Crippen molar-refractivity contribution in [2.24, 2.45) is 5.11 Å². The molecular formula is C10H12N4. The minimum Gasteiger partial charge on any atom is -0.256 e. The van der Waals surface area contributed by atoms with Crippen LogP contribution in [0.5, 0.6) is 0 Å². The third-order valence-corrected chi connectivity index (χ3v) is 1.78. The third kappa shape index (κ3) is 2.92. The topological polar surface area (TPSA) is 61.7 Å². The SMILES string of the molecule is Cc1cnc(C=CCN=[N+]=[N-])c(C)c1. The number of pyridine rings is 1. The Kier molecular flexibility index (Phi) is 3.70. The molecule has 0 fully saturated rings. The Labute approximate surface area is 82.9 Å². The highest BCUT2D eigenvalue weighted by Gasteiger charge is 1.94. The van der Waals surface area contributed by atoms with Crippen molar-refractivity contribution in [1.29, 1.82) is 0 Å². The largest absolute Gasteiger partial charge is 0.256 e. The molecule has 14 heavy (non-hydrogen) atoms. The predicted molar refractivity (Wildman–Crippen MR) is 56.8 cm³/mol. The van der Waals surface area contributed by atoms with Crippen LogP contribution in [0.4, 0.5) is 0 Å². The molecule has 0 saturated heterocycles. The zero-order valence-electron chi connectivity index (χ0n) is 8.31. The van der Waals surface area contributed by atoms with Crippen molar-refractivity contribution in [3.05, 3.63) is 45.6 Å². The first-order chi connectivity index (χ1) is 6.74. The summed E-state index contributed by atoms with van der Waals surface area (Å²) >= 11 is 0. The van der Waals surface area contributed by atoms with Crippen LogP contribution in [-0.2, 0) is 0 Å². The Balaban J connectivity index is 2.76. The van der Waals surface area contributed by atoms with E-state index < -0.39 is 0 Å². The molecule has 1 aromatic rings. The van der Waals surface area contributed by atoms with Gasteiger partial charge >= 0.3 is 0 Å². The summed E-state index contributed by atoms with van der Waals surface area (Å²) in [5.74, 6) is 0. The monoisotopic (exact) mass is 188 g/mol. The number of hydrogen-bond donors (Lipinski definition) is 0. The van der Waals surface area contributed by atoms with Gasteiger partial charge in [0, 0.05) is 17.7 Å². The van der Waals surface area contributed by atoms with Crippen molar-refractivity contribution in [2.45, 2.75) is 13.8 Å². The molecule has 0 radical (unpaired) electrons. The van der Waals surface area contributed by atoms with Gasteiger partial charge in [-0.05, 0) is 36.6 Å². The van der Waals surface area contributed by atoms with Gasteiger partial charge in [0.25, 0.3) is 0 Å². The van der Waals surface area contributed by atoms with Gasteiger partial charge in [0.2, 0.25) is 0 Å². The quantitative estimate of drug-likeness (QED) is 0.408. The molecule has 0 atom stereocenters. The first-order valence-electron chi connectivity index (χ1n) is 4.34. The van der Waals surface area contributed by atoms with Gasteiger partial charge in [0.15, 0.2) is 0 Å². The summed E-state index contributed by atoms with van der Waals surface area (Å²) in [4.78, 5) is 6.91. The maximum absolute atomic E-state index is 8.06. The molecular weight excluding hydrogens is 176 g/mol. The Bertz CT molecular complexity index is 389. The Morgan fingerprint density at radius 1 is 1.57 bits per heavy atom. The van der Waals surface area contributed by atoms with Crippen molar-refractivity contribution in [1.82, 2.24) is 4.98 Å². The van der Waals surface area contributed by atoms with E-state index in [0.717, 1.165) is 16.8 Å². The number of rotatable bonds is 3. The predicted octanol–water partition coefficient (Wildman–Crippen LogP) is 3.02. The van der Waals surface area contributed by atoms with Crippen LogP contribution in [-0.4, -0.2) is 11.5 Å². The minimum atomic E-state index is 0.367. The molecule has 0 aliphatic heterocycles. The van der Waals surface area contributed by atoms with E-state index in [1.165, 1.54) is 0 Å². The van der Waals surface area contributed by atoms with Gasteiger partial charge in [-0.3, -0.25) is 4.98 Å². The van der Waals surface area contributed by atoms with Crippen molar-refractivity contribution >= 4 is 6.08 Å². The van der Waals surface area contributed by atoms with Crippen molar-refractivity contribution in [3.63, 3.8) is 0 Å². The molecule has 0 aromatic carbocycles. The number of nitrogens with zero attached hydrogens (tertiary/aromatic N) is 4. The van der Waals surface area contributed by atoms with Crippen molar-refractivity contribution in [3.8, 4) is 0 Å². The normalized spacial score (nSPS) is 10.1. The number of azide groups is 1. The second-order valence-electron chi connectivity index (χ2n) is 3.03. The molecule has 1 rings (SSSR count). The zero-order valence-corrected chi connectivity index (χ0v) is 8.31. The highest BCUT2D eigenvalue weighted by atomic mass is 15.1. The van der Waals surface area contributed by atoms with Crippen LogP contribution in [0.3, 0.4) is 0 Å². The Morgan fingerprint density at radius 2 is 2.36 bits per heavy atom. The summed E-state index contributed by atoms with van der Waals surface area (Å²) in [6.45, 7) is 4.38.